The van der Waals surface area contributed by atoms with Crippen molar-refractivity contribution in [3.63, 3.8) is 0 Å². The highest BCUT2D eigenvalue weighted by molar-refractivity contribution is 5.48. The molecule has 0 radical (unpaired) electrons. The van der Waals surface area contributed by atoms with E-state index >= 15 is 0 Å². The molecule has 1 aromatic rings. The largest absolute Gasteiger partial charge is 0.496 e. The number of ether oxygens (including phenoxy) is 1. The van der Waals surface area contributed by atoms with Gasteiger partial charge < -0.3 is 10.5 Å². The molecule has 2 unspecified atom stereocenters. The van der Waals surface area contributed by atoms with Crippen LogP contribution in [0.3, 0.4) is 0 Å². The molecular weight excluding hydrogens is 258 g/mol. The number of methoxy groups -OCH3 is 1. The molecular formula is C19H31NO. The molecule has 0 bridgehead atoms. The van der Waals surface area contributed by atoms with Gasteiger partial charge in [-0.3, -0.25) is 0 Å². The maximum atomic E-state index is 7.06. The van der Waals surface area contributed by atoms with E-state index in [2.05, 4.69) is 46.8 Å². The van der Waals surface area contributed by atoms with Gasteiger partial charge in [0.2, 0.25) is 0 Å². The maximum Gasteiger partial charge on any atom is 0.124 e. The lowest BCUT2D eigenvalue weighted by Gasteiger charge is -2.49. The van der Waals surface area contributed by atoms with E-state index in [0.717, 1.165) is 12.2 Å². The molecule has 21 heavy (non-hydrogen) atoms. The zero-order valence-corrected chi connectivity index (χ0v) is 14.5. The van der Waals surface area contributed by atoms with Gasteiger partial charge in [-0.15, -0.1) is 0 Å². The summed E-state index contributed by atoms with van der Waals surface area (Å²) < 4.78 is 5.71. The quantitative estimate of drug-likeness (QED) is 0.856. The highest BCUT2D eigenvalue weighted by Gasteiger charge is 2.46. The van der Waals surface area contributed by atoms with Crippen LogP contribution >= 0.6 is 0 Å². The number of nitrogens with two attached hydrogens (primary N) is 1. The molecule has 2 nitrogen and oxygen atoms in total. The van der Waals surface area contributed by atoms with Crippen LogP contribution in [0, 0.1) is 25.2 Å². The highest BCUT2D eigenvalue weighted by Crippen LogP contribution is 2.51. The van der Waals surface area contributed by atoms with Crippen LogP contribution in [-0.2, 0) is 5.54 Å². The van der Waals surface area contributed by atoms with Crippen molar-refractivity contribution in [2.45, 2.75) is 65.8 Å². The third-order valence-corrected chi connectivity index (χ3v) is 5.13. The summed E-state index contributed by atoms with van der Waals surface area (Å²) in [7, 11) is 1.76. The molecule has 0 spiro atoms. The second kappa shape index (κ2) is 5.64. The first-order valence-corrected chi connectivity index (χ1v) is 8.14. The predicted octanol–water partition coefficient (Wildman–Crippen LogP) is 4.70. The predicted molar refractivity (Wildman–Crippen MR) is 89.7 cm³/mol. The summed E-state index contributed by atoms with van der Waals surface area (Å²) in [6.07, 6.45) is 4.75. The molecule has 118 valence electrons. The summed E-state index contributed by atoms with van der Waals surface area (Å²) in [6.45, 7) is 11.3. The van der Waals surface area contributed by atoms with Gasteiger partial charge in [-0.2, -0.15) is 0 Å². The Morgan fingerprint density at radius 3 is 2.43 bits per heavy atom. The van der Waals surface area contributed by atoms with Crippen LogP contribution in [0.5, 0.6) is 5.75 Å². The standard InChI is InChI=1S/C19H31NO/c1-13-11-14(2)17(15(12-13)21-6)19(20)10-8-7-9-16(19)18(3,4)5/h11-12,16H,7-10,20H2,1-6H3. The van der Waals surface area contributed by atoms with Gasteiger partial charge in [-0.1, -0.05) is 39.7 Å². The summed E-state index contributed by atoms with van der Waals surface area (Å²) in [5.74, 6) is 1.44. The van der Waals surface area contributed by atoms with E-state index < -0.39 is 0 Å². The van der Waals surface area contributed by atoms with Crippen molar-refractivity contribution in [3.8, 4) is 5.75 Å². The van der Waals surface area contributed by atoms with Gasteiger partial charge in [0.15, 0.2) is 0 Å². The molecule has 1 saturated carbocycles. The van der Waals surface area contributed by atoms with Crippen molar-refractivity contribution >= 4 is 0 Å². The van der Waals surface area contributed by atoms with Gasteiger partial charge in [0, 0.05) is 11.1 Å². The van der Waals surface area contributed by atoms with Crippen LogP contribution in [0.15, 0.2) is 12.1 Å². The lowest BCUT2D eigenvalue weighted by atomic mass is 9.59. The number of aryl methyl sites for hydroxylation is 2. The van der Waals surface area contributed by atoms with Gasteiger partial charge in [0.05, 0.1) is 7.11 Å². The zero-order chi connectivity index (χ0) is 15.8. The SMILES string of the molecule is COc1cc(C)cc(C)c1C1(N)CCCCC1C(C)(C)C. The zero-order valence-electron chi connectivity index (χ0n) is 14.5. The number of hydrogen-bond acceptors (Lipinski definition) is 2. The van der Waals surface area contributed by atoms with Crippen molar-refractivity contribution < 1.29 is 4.74 Å². The van der Waals surface area contributed by atoms with E-state index in [1.807, 2.05) is 0 Å². The molecule has 0 saturated heterocycles. The summed E-state index contributed by atoms with van der Waals surface area (Å²) in [5, 5.41) is 0. The van der Waals surface area contributed by atoms with Gasteiger partial charge >= 0.3 is 0 Å². The number of benzene rings is 1. The second-order valence-electron chi connectivity index (χ2n) is 7.86. The molecule has 1 aliphatic carbocycles. The second-order valence-corrected chi connectivity index (χ2v) is 7.86. The average molecular weight is 289 g/mol. The average Bonchev–Trinajstić information content (AvgIpc) is 2.36. The third-order valence-electron chi connectivity index (χ3n) is 5.13. The maximum absolute atomic E-state index is 7.06. The van der Waals surface area contributed by atoms with Crippen molar-refractivity contribution in [2.24, 2.45) is 17.1 Å². The van der Waals surface area contributed by atoms with E-state index in [-0.39, 0.29) is 11.0 Å². The molecule has 2 rings (SSSR count). The van der Waals surface area contributed by atoms with E-state index in [0.29, 0.717) is 5.92 Å². The molecule has 1 aliphatic rings. The topological polar surface area (TPSA) is 35.2 Å². The Balaban J connectivity index is 2.61. The minimum absolute atomic E-state index is 0.206. The first-order chi connectivity index (χ1) is 9.70. The Kier molecular flexibility index (Phi) is 4.39. The fraction of sp³-hybridized carbons (Fsp3) is 0.684. The summed E-state index contributed by atoms with van der Waals surface area (Å²) in [4.78, 5) is 0. The molecule has 2 heteroatoms. The van der Waals surface area contributed by atoms with Crippen molar-refractivity contribution in [3.05, 3.63) is 28.8 Å². The first kappa shape index (κ1) is 16.4. The minimum Gasteiger partial charge on any atom is -0.496 e. The van der Waals surface area contributed by atoms with Crippen molar-refractivity contribution in [1.82, 2.24) is 0 Å². The molecule has 0 amide bonds. The van der Waals surface area contributed by atoms with Crippen molar-refractivity contribution in [2.75, 3.05) is 7.11 Å². The molecule has 2 atom stereocenters. The Morgan fingerprint density at radius 2 is 1.86 bits per heavy atom. The normalized spacial score (nSPS) is 26.7. The highest BCUT2D eigenvalue weighted by atomic mass is 16.5. The Bertz CT molecular complexity index is 515. The van der Waals surface area contributed by atoms with Crippen LogP contribution in [0.25, 0.3) is 0 Å². The van der Waals surface area contributed by atoms with Crippen LogP contribution < -0.4 is 10.5 Å². The lowest BCUT2D eigenvalue weighted by molar-refractivity contribution is 0.0755. The van der Waals surface area contributed by atoms with Crippen LogP contribution in [-0.4, -0.2) is 7.11 Å². The Hall–Kier alpha value is -1.02. The number of rotatable bonds is 2. The minimum atomic E-state index is -0.278. The van der Waals surface area contributed by atoms with Gasteiger partial charge in [0.1, 0.15) is 5.75 Å². The lowest BCUT2D eigenvalue weighted by Crippen LogP contribution is -2.51. The Morgan fingerprint density at radius 1 is 1.19 bits per heavy atom. The summed E-state index contributed by atoms with van der Waals surface area (Å²) in [5.41, 5.74) is 10.7. The van der Waals surface area contributed by atoms with Gasteiger partial charge in [0.25, 0.3) is 0 Å². The van der Waals surface area contributed by atoms with Crippen molar-refractivity contribution in [1.29, 1.82) is 0 Å². The van der Waals surface area contributed by atoms with E-state index in [1.165, 1.54) is 36.0 Å². The van der Waals surface area contributed by atoms with E-state index in [4.69, 9.17) is 10.5 Å². The molecule has 0 heterocycles. The fourth-order valence-electron chi connectivity index (χ4n) is 4.39. The van der Waals surface area contributed by atoms with Crippen LogP contribution in [0.2, 0.25) is 0 Å². The monoisotopic (exact) mass is 289 g/mol. The Labute approximate surface area is 130 Å². The van der Waals surface area contributed by atoms with E-state index in [9.17, 15) is 0 Å². The molecule has 1 aromatic carbocycles. The first-order valence-electron chi connectivity index (χ1n) is 8.14. The molecule has 1 fully saturated rings. The van der Waals surface area contributed by atoms with E-state index in [1.54, 1.807) is 7.11 Å². The van der Waals surface area contributed by atoms with Gasteiger partial charge in [-0.25, -0.2) is 0 Å². The molecule has 0 aliphatic heterocycles. The summed E-state index contributed by atoms with van der Waals surface area (Å²) >= 11 is 0. The smallest absolute Gasteiger partial charge is 0.124 e. The van der Waals surface area contributed by atoms with Crippen LogP contribution in [0.1, 0.15) is 63.1 Å². The third kappa shape index (κ3) is 2.96. The van der Waals surface area contributed by atoms with Crippen LogP contribution in [0.4, 0.5) is 0 Å². The summed E-state index contributed by atoms with van der Waals surface area (Å²) in [6, 6.07) is 4.37. The van der Waals surface area contributed by atoms with Gasteiger partial charge in [-0.05, 0) is 55.2 Å². The fourth-order valence-corrected chi connectivity index (χ4v) is 4.39. The molecule has 0 aromatic heterocycles. The number of hydrogen-bond donors (Lipinski definition) is 1. The molecule has 2 N–H and O–H groups in total.